The van der Waals surface area contributed by atoms with Gasteiger partial charge in [-0.05, 0) is 13.3 Å². The molecule has 15 heavy (non-hydrogen) atoms. The van der Waals surface area contributed by atoms with Gasteiger partial charge in [0, 0.05) is 17.9 Å². The summed E-state index contributed by atoms with van der Waals surface area (Å²) in [5, 5.41) is 8.74. The fraction of sp³-hybridized carbons (Fsp3) is 0.500. The summed E-state index contributed by atoms with van der Waals surface area (Å²) in [6.45, 7) is 4.18. The number of hydrogen-bond donors (Lipinski definition) is 1. The Morgan fingerprint density at radius 3 is 2.80 bits per heavy atom. The van der Waals surface area contributed by atoms with E-state index in [1.54, 1.807) is 0 Å². The molecule has 1 unspecified atom stereocenters. The summed E-state index contributed by atoms with van der Waals surface area (Å²) in [6.07, 6.45) is 3.72. The zero-order chi connectivity index (χ0) is 11.3. The second-order valence-corrected chi connectivity index (χ2v) is 3.62. The molecule has 0 saturated heterocycles. The van der Waals surface area contributed by atoms with Crippen LogP contribution in [0.1, 0.15) is 26.0 Å². The Morgan fingerprint density at radius 2 is 2.20 bits per heavy atom. The Labute approximate surface area is 88.9 Å². The van der Waals surface area contributed by atoms with E-state index in [2.05, 4.69) is 9.97 Å². The molecule has 80 valence electrons. The maximum Gasteiger partial charge on any atom is 0.251 e. The van der Waals surface area contributed by atoms with Crippen molar-refractivity contribution in [2.24, 2.45) is 5.73 Å². The highest BCUT2D eigenvalue weighted by atomic mass is 16.5. The van der Waals surface area contributed by atoms with Crippen molar-refractivity contribution in [3.63, 3.8) is 0 Å². The fourth-order valence-electron chi connectivity index (χ4n) is 0.843. The number of aromatic nitrogens is 2. The largest absolute Gasteiger partial charge is 0.474 e. The molecule has 0 bridgehead atoms. The number of hydrogen-bond acceptors (Lipinski definition) is 5. The molecule has 0 saturated carbocycles. The quantitative estimate of drug-likeness (QED) is 0.789. The van der Waals surface area contributed by atoms with Crippen LogP contribution >= 0.6 is 0 Å². The summed E-state index contributed by atoms with van der Waals surface area (Å²) in [6, 6.07) is 1.91. The van der Waals surface area contributed by atoms with E-state index in [0.29, 0.717) is 6.61 Å². The molecule has 1 aromatic heterocycles. The molecule has 1 rings (SSSR count). The molecule has 0 radical (unpaired) electrons. The maximum absolute atomic E-state index is 8.74. The van der Waals surface area contributed by atoms with E-state index in [1.165, 1.54) is 12.4 Å². The minimum Gasteiger partial charge on any atom is -0.474 e. The average Bonchev–Trinajstić information content (AvgIpc) is 2.27. The highest BCUT2D eigenvalue weighted by Crippen LogP contribution is 2.13. The third kappa shape index (κ3) is 3.18. The minimum absolute atomic E-state index is 0.185. The second kappa shape index (κ2) is 4.71. The van der Waals surface area contributed by atoms with Crippen LogP contribution in [0.3, 0.4) is 0 Å². The zero-order valence-corrected chi connectivity index (χ0v) is 8.90. The molecule has 1 aromatic rings. The van der Waals surface area contributed by atoms with Gasteiger partial charge in [0.05, 0.1) is 0 Å². The summed E-state index contributed by atoms with van der Waals surface area (Å²) in [5.74, 6) is 0.241. The van der Waals surface area contributed by atoms with Gasteiger partial charge in [0.25, 0.3) is 5.88 Å². The van der Waals surface area contributed by atoms with E-state index in [-0.39, 0.29) is 11.6 Å². The smallest absolute Gasteiger partial charge is 0.251 e. The van der Waals surface area contributed by atoms with E-state index in [1.807, 2.05) is 19.9 Å². The van der Waals surface area contributed by atoms with E-state index in [9.17, 15) is 0 Å². The summed E-state index contributed by atoms with van der Waals surface area (Å²) in [4.78, 5) is 7.76. The van der Waals surface area contributed by atoms with Crippen LogP contribution in [0.5, 0.6) is 5.88 Å². The fourth-order valence-corrected chi connectivity index (χ4v) is 0.843. The van der Waals surface area contributed by atoms with E-state index >= 15 is 0 Å². The van der Waals surface area contributed by atoms with Crippen LogP contribution in [0.15, 0.2) is 12.4 Å². The van der Waals surface area contributed by atoms with E-state index in [4.69, 9.17) is 15.7 Å². The first-order valence-corrected chi connectivity index (χ1v) is 4.72. The van der Waals surface area contributed by atoms with Gasteiger partial charge in [-0.1, -0.05) is 6.92 Å². The summed E-state index contributed by atoms with van der Waals surface area (Å²) >= 11 is 0. The standard InChI is InChI=1S/C10H14N4O/c1-3-10(2,12)7-15-9-8(6-11)13-4-5-14-9/h4-5H,3,7,12H2,1-2H3. The Morgan fingerprint density at radius 1 is 1.53 bits per heavy atom. The SMILES string of the molecule is CCC(C)(N)COc1nccnc1C#N. The van der Waals surface area contributed by atoms with Gasteiger partial charge >= 0.3 is 0 Å². The summed E-state index contributed by atoms with van der Waals surface area (Å²) in [5.41, 5.74) is 5.67. The molecular formula is C10H14N4O. The van der Waals surface area contributed by atoms with Crippen LogP contribution in [0.4, 0.5) is 0 Å². The van der Waals surface area contributed by atoms with Crippen LogP contribution in [-0.4, -0.2) is 22.1 Å². The van der Waals surface area contributed by atoms with Crippen molar-refractivity contribution in [3.05, 3.63) is 18.1 Å². The van der Waals surface area contributed by atoms with E-state index < -0.39 is 5.54 Å². The van der Waals surface area contributed by atoms with Crippen LogP contribution < -0.4 is 10.5 Å². The monoisotopic (exact) mass is 206 g/mol. The van der Waals surface area contributed by atoms with Crippen LogP contribution in [0.2, 0.25) is 0 Å². The Hall–Kier alpha value is -1.67. The molecule has 0 aliphatic heterocycles. The van der Waals surface area contributed by atoms with Gasteiger partial charge in [-0.15, -0.1) is 0 Å². The van der Waals surface area contributed by atoms with Crippen molar-refractivity contribution in [2.75, 3.05) is 6.61 Å². The lowest BCUT2D eigenvalue weighted by Gasteiger charge is -2.22. The van der Waals surface area contributed by atoms with Crippen molar-refractivity contribution in [3.8, 4) is 11.9 Å². The third-order valence-electron chi connectivity index (χ3n) is 2.12. The van der Waals surface area contributed by atoms with Crippen molar-refractivity contribution in [1.82, 2.24) is 9.97 Å². The van der Waals surface area contributed by atoms with Crippen LogP contribution in [0.25, 0.3) is 0 Å². The van der Waals surface area contributed by atoms with Crippen LogP contribution in [-0.2, 0) is 0 Å². The van der Waals surface area contributed by atoms with Gasteiger partial charge < -0.3 is 10.5 Å². The topological polar surface area (TPSA) is 84.8 Å². The van der Waals surface area contributed by atoms with Gasteiger partial charge in [0.15, 0.2) is 0 Å². The molecule has 0 amide bonds. The van der Waals surface area contributed by atoms with E-state index in [0.717, 1.165) is 6.42 Å². The summed E-state index contributed by atoms with van der Waals surface area (Å²) < 4.78 is 5.36. The highest BCUT2D eigenvalue weighted by molar-refractivity contribution is 5.29. The lowest BCUT2D eigenvalue weighted by Crippen LogP contribution is -2.41. The molecule has 0 aliphatic carbocycles. The number of nitrogens with two attached hydrogens (primary N) is 1. The Bertz CT molecular complexity index is 370. The predicted molar refractivity (Wildman–Crippen MR) is 55.1 cm³/mol. The normalized spacial score (nSPS) is 14.0. The van der Waals surface area contributed by atoms with Crippen molar-refractivity contribution >= 4 is 0 Å². The maximum atomic E-state index is 8.74. The number of nitriles is 1. The first-order chi connectivity index (χ1) is 7.09. The molecule has 1 heterocycles. The molecule has 0 spiro atoms. The Balaban J connectivity index is 2.70. The first-order valence-electron chi connectivity index (χ1n) is 4.72. The van der Waals surface area contributed by atoms with Crippen LogP contribution in [0, 0.1) is 11.3 Å². The predicted octanol–water partition coefficient (Wildman–Crippen LogP) is 0.854. The van der Waals surface area contributed by atoms with Gasteiger partial charge in [0.2, 0.25) is 5.69 Å². The first kappa shape index (κ1) is 11.4. The molecule has 5 heteroatoms. The number of rotatable bonds is 4. The zero-order valence-electron chi connectivity index (χ0n) is 8.90. The minimum atomic E-state index is -0.412. The molecule has 1 atom stereocenters. The average molecular weight is 206 g/mol. The molecule has 0 aromatic carbocycles. The molecule has 2 N–H and O–H groups in total. The Kier molecular flexibility index (Phi) is 3.58. The van der Waals surface area contributed by atoms with Gasteiger partial charge in [-0.2, -0.15) is 5.26 Å². The van der Waals surface area contributed by atoms with Gasteiger partial charge in [-0.3, -0.25) is 0 Å². The second-order valence-electron chi connectivity index (χ2n) is 3.62. The summed E-state index contributed by atoms with van der Waals surface area (Å²) in [7, 11) is 0. The molecule has 5 nitrogen and oxygen atoms in total. The molecular weight excluding hydrogens is 192 g/mol. The molecule has 0 fully saturated rings. The van der Waals surface area contributed by atoms with Crippen molar-refractivity contribution in [1.29, 1.82) is 5.26 Å². The van der Waals surface area contributed by atoms with Crippen molar-refractivity contribution in [2.45, 2.75) is 25.8 Å². The number of nitrogens with zero attached hydrogens (tertiary/aromatic N) is 3. The molecule has 0 aliphatic rings. The third-order valence-corrected chi connectivity index (χ3v) is 2.12. The van der Waals surface area contributed by atoms with Gasteiger partial charge in [-0.25, -0.2) is 9.97 Å². The highest BCUT2D eigenvalue weighted by Gasteiger charge is 2.18. The van der Waals surface area contributed by atoms with Gasteiger partial charge in [0.1, 0.15) is 12.7 Å². The number of ether oxygens (including phenoxy) is 1. The lowest BCUT2D eigenvalue weighted by atomic mass is 10.0. The lowest BCUT2D eigenvalue weighted by molar-refractivity contribution is 0.217. The van der Waals surface area contributed by atoms with Crippen molar-refractivity contribution < 1.29 is 4.74 Å².